The van der Waals surface area contributed by atoms with Gasteiger partial charge in [0, 0.05) is 59.2 Å². The molecule has 1 atom stereocenters. The number of carbonyl (C=O) groups is 1. The second-order valence-corrected chi connectivity index (χ2v) is 13.3. The number of fused-ring (bicyclic) bond motifs is 2. The molecule has 8 heteroatoms. The van der Waals surface area contributed by atoms with Crippen molar-refractivity contribution in [1.29, 1.82) is 0 Å². The lowest BCUT2D eigenvalue weighted by Gasteiger charge is -2.25. The van der Waals surface area contributed by atoms with Crippen LogP contribution in [0.1, 0.15) is 71.4 Å². The molecular weight excluding hydrogens is 535 g/mol. The van der Waals surface area contributed by atoms with Crippen LogP contribution in [0.4, 0.5) is 11.4 Å². The number of hydrogen-bond donors (Lipinski definition) is 2. The van der Waals surface area contributed by atoms with E-state index < -0.39 is 19.0 Å². The summed E-state index contributed by atoms with van der Waals surface area (Å²) in [6.07, 6.45) is 13.0. The van der Waals surface area contributed by atoms with Crippen molar-refractivity contribution in [2.45, 2.75) is 71.1 Å². The average molecular weight is 577 g/mol. The minimum absolute atomic E-state index is 0.0660. The number of benzene rings is 2. The van der Waals surface area contributed by atoms with E-state index >= 15 is 0 Å². The molecule has 2 aliphatic heterocycles. The molecule has 0 fully saturated rings. The van der Waals surface area contributed by atoms with Gasteiger partial charge in [0.1, 0.15) is 6.54 Å². The summed E-state index contributed by atoms with van der Waals surface area (Å²) in [5.41, 5.74) is 5.96. The number of unbranched alkanes of at least 4 members (excludes halogenated alkanes) is 2. The molecule has 1 unspecified atom stereocenters. The van der Waals surface area contributed by atoms with Crippen LogP contribution < -0.4 is 15.1 Å². The third kappa shape index (κ3) is 6.18. The molecule has 2 aliphatic rings. The molecule has 0 aliphatic carbocycles. The molecule has 0 saturated heterocycles. The normalized spacial score (nSPS) is 19.8. The first-order chi connectivity index (χ1) is 19.3. The van der Waals surface area contributed by atoms with E-state index in [1.165, 1.54) is 23.0 Å². The van der Waals surface area contributed by atoms with Gasteiger partial charge < -0.3 is 24.4 Å². The first-order valence-electron chi connectivity index (χ1n) is 14.3. The lowest BCUT2D eigenvalue weighted by molar-refractivity contribution is -0.438. The van der Waals surface area contributed by atoms with Crippen LogP contribution in [0, 0.1) is 0 Å². The van der Waals surface area contributed by atoms with Crippen LogP contribution in [0.3, 0.4) is 0 Å². The lowest BCUT2D eigenvalue weighted by Crippen LogP contribution is -2.27. The Bertz CT molecular complexity index is 1490. The summed E-state index contributed by atoms with van der Waals surface area (Å²) in [5.74, 6) is -0.746. The van der Waals surface area contributed by atoms with Crippen molar-refractivity contribution < 1.29 is 28.8 Å². The van der Waals surface area contributed by atoms with E-state index in [1.807, 2.05) is 12.2 Å². The number of anilines is 1. The van der Waals surface area contributed by atoms with Gasteiger partial charge in [-0.05, 0) is 63.5 Å². The molecule has 0 radical (unpaired) electrons. The monoisotopic (exact) mass is 576 g/mol. The van der Waals surface area contributed by atoms with Gasteiger partial charge in [0.15, 0.2) is 13.3 Å². The number of hydrogen-bond acceptors (Lipinski definition) is 4. The average Bonchev–Trinajstić information content (AvgIpc) is 3.26. The first kappa shape index (κ1) is 30.7. The molecule has 0 amide bonds. The van der Waals surface area contributed by atoms with Gasteiger partial charge in [0.2, 0.25) is 5.69 Å². The zero-order chi connectivity index (χ0) is 30.0. The Hall–Kier alpha value is -3.25. The highest BCUT2D eigenvalue weighted by Crippen LogP contribution is 2.48. The molecule has 2 heterocycles. The summed E-state index contributed by atoms with van der Waals surface area (Å²) < 4.78 is 14.2. The van der Waals surface area contributed by atoms with Crippen molar-refractivity contribution in [1.82, 2.24) is 0 Å². The molecule has 4 rings (SSSR count). The van der Waals surface area contributed by atoms with Gasteiger partial charge in [-0.3, -0.25) is 4.79 Å². The maximum absolute atomic E-state index is 11.8. The fraction of sp³-hybridized carbons (Fsp3) is 0.394. The molecule has 2 aromatic carbocycles. The highest BCUT2D eigenvalue weighted by atomic mass is 31.2. The Morgan fingerprint density at radius 2 is 1.73 bits per heavy atom. The van der Waals surface area contributed by atoms with E-state index in [4.69, 9.17) is 5.11 Å². The van der Waals surface area contributed by atoms with Gasteiger partial charge in [0.05, 0.1) is 5.41 Å². The number of nitrogens with zero attached hydrogens (tertiary/aromatic N) is 2. The van der Waals surface area contributed by atoms with Crippen LogP contribution in [0.2, 0.25) is 0 Å². The maximum atomic E-state index is 11.8. The second kappa shape index (κ2) is 11.9. The van der Waals surface area contributed by atoms with Crippen molar-refractivity contribution in [3.8, 4) is 0 Å². The van der Waals surface area contributed by atoms with Crippen LogP contribution in [0.25, 0.3) is 0 Å². The highest BCUT2D eigenvalue weighted by Gasteiger charge is 2.44. The molecule has 218 valence electrons. The summed E-state index contributed by atoms with van der Waals surface area (Å²) in [7, 11) is -4.59. The van der Waals surface area contributed by atoms with Crippen molar-refractivity contribution in [2.75, 3.05) is 18.0 Å². The Morgan fingerprint density at radius 1 is 1.00 bits per heavy atom. The third-order valence-corrected chi connectivity index (χ3v) is 9.25. The van der Waals surface area contributed by atoms with Crippen molar-refractivity contribution in [3.05, 3.63) is 89.7 Å². The van der Waals surface area contributed by atoms with E-state index in [9.17, 15) is 19.1 Å². The van der Waals surface area contributed by atoms with Crippen LogP contribution in [-0.4, -0.2) is 39.3 Å². The molecule has 0 spiro atoms. The van der Waals surface area contributed by atoms with Gasteiger partial charge in [-0.1, -0.05) is 50.3 Å². The number of carboxylic acid groups (broad SMARTS) is 1. The van der Waals surface area contributed by atoms with Crippen LogP contribution in [0.5, 0.6) is 0 Å². The quantitative estimate of drug-likeness (QED) is 0.154. The van der Waals surface area contributed by atoms with Crippen LogP contribution in [-0.2, 0) is 20.2 Å². The zero-order valence-corrected chi connectivity index (χ0v) is 25.5. The fourth-order valence-corrected chi connectivity index (χ4v) is 6.70. The SMILES string of the molecule is CCN1\C(=C/C=C/C=C/C2=[N+](CCCCCC(=O)O)c3ccccc3C2(C)C)C(C)(C)c2cc(P(=O)([O-])O)ccc21. The molecule has 0 aromatic heterocycles. The Kier molecular flexibility index (Phi) is 8.93. The predicted octanol–water partition coefficient (Wildman–Crippen LogP) is 5.69. The van der Waals surface area contributed by atoms with Crippen molar-refractivity contribution >= 4 is 36.0 Å². The Labute approximate surface area is 243 Å². The van der Waals surface area contributed by atoms with E-state index in [1.54, 1.807) is 12.1 Å². The molecule has 0 bridgehead atoms. The number of likely N-dealkylation sites (N-methyl/N-ethyl adjacent to an activating group) is 1. The minimum atomic E-state index is -4.59. The molecule has 2 N–H and O–H groups in total. The van der Waals surface area contributed by atoms with Crippen LogP contribution >= 0.6 is 7.60 Å². The van der Waals surface area contributed by atoms with E-state index in [-0.39, 0.29) is 17.1 Å². The number of rotatable bonds is 11. The standard InChI is InChI=1S/C33H41N2O5P/c1-6-34-28-21-20-24(41(38,39)40)23-26(28)33(4,5)29(34)17-9-7-10-18-30-32(2,3)25-15-12-13-16-27(25)35(30)22-14-8-11-19-31(36)37/h7,9-10,12-13,15-18,20-21,23H,6,8,11,14,19,22H2,1-5H3,(H2-,36,37,38,39,40). The summed E-state index contributed by atoms with van der Waals surface area (Å²) in [4.78, 5) is 34.5. The van der Waals surface area contributed by atoms with Gasteiger partial charge in [-0.2, -0.15) is 4.58 Å². The summed E-state index contributed by atoms with van der Waals surface area (Å²) in [6, 6.07) is 13.3. The Morgan fingerprint density at radius 3 is 2.41 bits per heavy atom. The molecule has 7 nitrogen and oxygen atoms in total. The first-order valence-corrected chi connectivity index (χ1v) is 15.9. The number of carboxylic acids is 1. The molecule has 2 aromatic rings. The predicted molar refractivity (Wildman–Crippen MR) is 164 cm³/mol. The zero-order valence-electron chi connectivity index (χ0n) is 24.6. The summed E-state index contributed by atoms with van der Waals surface area (Å²) in [6.45, 7) is 12.2. The number of aliphatic carboxylic acids is 1. The molecule has 41 heavy (non-hydrogen) atoms. The topological polar surface area (TPSA) is 104 Å². The number of allylic oxidation sites excluding steroid dienone is 6. The highest BCUT2D eigenvalue weighted by molar-refractivity contribution is 7.58. The largest absolute Gasteiger partial charge is 0.775 e. The number of para-hydroxylation sites is 1. The van der Waals surface area contributed by atoms with Crippen LogP contribution in [0.15, 0.2) is 78.5 Å². The van der Waals surface area contributed by atoms with Gasteiger partial charge in [-0.15, -0.1) is 0 Å². The third-order valence-electron chi connectivity index (χ3n) is 8.32. The lowest BCUT2D eigenvalue weighted by atomic mass is 9.81. The minimum Gasteiger partial charge on any atom is -0.775 e. The summed E-state index contributed by atoms with van der Waals surface area (Å²) in [5, 5.41) is 8.88. The van der Waals surface area contributed by atoms with E-state index in [2.05, 4.69) is 86.6 Å². The van der Waals surface area contributed by atoms with Crippen molar-refractivity contribution in [3.63, 3.8) is 0 Å². The maximum Gasteiger partial charge on any atom is 0.303 e. The molecular formula is C33H41N2O5P. The Balaban J connectivity index is 1.58. The molecule has 0 saturated carbocycles. The fourth-order valence-electron chi connectivity index (χ4n) is 6.14. The second-order valence-electron chi connectivity index (χ2n) is 11.8. The smallest absolute Gasteiger partial charge is 0.303 e. The van der Waals surface area contributed by atoms with E-state index in [0.29, 0.717) is 6.42 Å². The van der Waals surface area contributed by atoms with Gasteiger partial charge in [0.25, 0.3) is 0 Å². The van der Waals surface area contributed by atoms with E-state index in [0.717, 1.165) is 42.9 Å². The van der Waals surface area contributed by atoms with Crippen molar-refractivity contribution in [2.24, 2.45) is 0 Å². The van der Waals surface area contributed by atoms with Gasteiger partial charge >= 0.3 is 5.97 Å². The summed E-state index contributed by atoms with van der Waals surface area (Å²) >= 11 is 0. The van der Waals surface area contributed by atoms with Gasteiger partial charge in [-0.25, -0.2) is 0 Å².